The van der Waals surface area contributed by atoms with Gasteiger partial charge in [-0.05, 0) is 67.0 Å². The number of benzene rings is 2. The van der Waals surface area contributed by atoms with E-state index >= 15 is 0 Å². The summed E-state index contributed by atoms with van der Waals surface area (Å²) in [7, 11) is 0. The number of guanidine groups is 1. The van der Waals surface area contributed by atoms with Crippen LogP contribution in [0.5, 0.6) is 11.5 Å². The Labute approximate surface area is 188 Å². The third-order valence-electron chi connectivity index (χ3n) is 5.53. The van der Waals surface area contributed by atoms with Gasteiger partial charge in [0.1, 0.15) is 5.75 Å². The van der Waals surface area contributed by atoms with Crippen molar-refractivity contribution in [1.82, 2.24) is 10.6 Å². The van der Waals surface area contributed by atoms with Crippen molar-refractivity contribution in [2.24, 2.45) is 10.9 Å². The summed E-state index contributed by atoms with van der Waals surface area (Å²) in [5.74, 6) is 2.47. The van der Waals surface area contributed by atoms with E-state index in [4.69, 9.17) is 4.74 Å². The summed E-state index contributed by atoms with van der Waals surface area (Å²) < 4.78 is 6.25. The van der Waals surface area contributed by atoms with E-state index in [1.807, 2.05) is 36.4 Å². The highest BCUT2D eigenvalue weighted by Gasteiger charge is 2.28. The van der Waals surface area contributed by atoms with Crippen LogP contribution in [0.3, 0.4) is 0 Å². The third-order valence-corrected chi connectivity index (χ3v) is 5.53. The second-order valence-electron chi connectivity index (χ2n) is 8.72. The average molecular weight is 435 g/mol. The molecule has 2 amide bonds. The molecule has 168 valence electrons. The molecule has 0 unspecified atom stereocenters. The van der Waals surface area contributed by atoms with Crippen LogP contribution < -0.4 is 20.7 Å². The number of nitrogens with one attached hydrogen (secondary N) is 3. The lowest BCUT2D eigenvalue weighted by Crippen LogP contribution is -2.38. The van der Waals surface area contributed by atoms with E-state index in [1.54, 1.807) is 6.07 Å². The molecule has 32 heavy (non-hydrogen) atoms. The van der Waals surface area contributed by atoms with Crippen LogP contribution in [0, 0.1) is 5.92 Å². The Morgan fingerprint density at radius 3 is 2.66 bits per heavy atom. The van der Waals surface area contributed by atoms with Gasteiger partial charge in [0.15, 0.2) is 11.7 Å². The van der Waals surface area contributed by atoms with Crippen molar-refractivity contribution in [3.05, 3.63) is 53.6 Å². The third kappa shape index (κ3) is 5.66. The van der Waals surface area contributed by atoms with Crippen molar-refractivity contribution in [2.45, 2.75) is 45.4 Å². The van der Waals surface area contributed by atoms with Crippen molar-refractivity contribution >= 4 is 23.5 Å². The summed E-state index contributed by atoms with van der Waals surface area (Å²) in [5.41, 5.74) is 2.24. The fourth-order valence-electron chi connectivity index (χ4n) is 3.57. The minimum atomic E-state index is -0.190. The number of carbonyl (C=O) groups excluding carboxylic acids is 2. The van der Waals surface area contributed by atoms with E-state index in [1.165, 1.54) is 0 Å². The molecule has 0 atom stereocenters. The first kappa shape index (κ1) is 21.9. The predicted molar refractivity (Wildman–Crippen MR) is 125 cm³/mol. The second-order valence-corrected chi connectivity index (χ2v) is 8.72. The monoisotopic (exact) mass is 434 g/mol. The summed E-state index contributed by atoms with van der Waals surface area (Å²) in [5, 5.41) is 8.83. The van der Waals surface area contributed by atoms with Crippen LogP contribution in [0.2, 0.25) is 0 Å². The molecule has 2 aromatic rings. The van der Waals surface area contributed by atoms with E-state index in [9.17, 15) is 9.59 Å². The molecule has 0 bridgehead atoms. The number of nitrogens with zero attached hydrogens (tertiary/aromatic N) is 1. The molecule has 2 aromatic carbocycles. The van der Waals surface area contributed by atoms with Crippen LogP contribution in [-0.4, -0.2) is 30.9 Å². The zero-order chi connectivity index (χ0) is 22.5. The molecule has 1 heterocycles. The molecule has 7 nitrogen and oxygen atoms in total. The summed E-state index contributed by atoms with van der Waals surface area (Å²) in [4.78, 5) is 29.2. The van der Waals surface area contributed by atoms with Gasteiger partial charge in [0.25, 0.3) is 5.91 Å². The first-order valence-corrected chi connectivity index (χ1v) is 11.3. The van der Waals surface area contributed by atoms with Gasteiger partial charge in [-0.3, -0.25) is 19.9 Å². The van der Waals surface area contributed by atoms with Gasteiger partial charge in [-0.1, -0.05) is 26.0 Å². The molecule has 3 N–H and O–H groups in total. The number of hydrogen-bond acceptors (Lipinski definition) is 5. The maximum absolute atomic E-state index is 12.6. The lowest BCUT2D eigenvalue weighted by atomic mass is 10.0. The number of amides is 2. The molecule has 4 rings (SSSR count). The maximum Gasteiger partial charge on any atom is 0.257 e. The maximum atomic E-state index is 12.6. The minimum absolute atomic E-state index is 0.0207. The van der Waals surface area contributed by atoms with Gasteiger partial charge in [0, 0.05) is 18.5 Å². The van der Waals surface area contributed by atoms with Crippen LogP contribution in [0.1, 0.15) is 61.4 Å². The minimum Gasteiger partial charge on any atom is -0.455 e. The molecule has 2 aliphatic rings. The quantitative estimate of drug-likeness (QED) is 0.574. The molecule has 1 fully saturated rings. The van der Waals surface area contributed by atoms with Crippen LogP contribution in [0.25, 0.3) is 0 Å². The lowest BCUT2D eigenvalue weighted by molar-refractivity contribution is -0.116. The first-order valence-electron chi connectivity index (χ1n) is 11.3. The summed E-state index contributed by atoms with van der Waals surface area (Å²) in [6.07, 6.45) is 3.46. The molecule has 0 radical (unpaired) electrons. The van der Waals surface area contributed by atoms with Gasteiger partial charge in [0.05, 0.1) is 12.2 Å². The van der Waals surface area contributed by atoms with E-state index < -0.39 is 0 Å². The van der Waals surface area contributed by atoms with Crippen molar-refractivity contribution < 1.29 is 14.3 Å². The van der Waals surface area contributed by atoms with Crippen molar-refractivity contribution in [3.63, 3.8) is 0 Å². The average Bonchev–Trinajstić information content (AvgIpc) is 3.50. The number of carbonyl (C=O) groups is 2. The standard InChI is InChI=1S/C25H30N4O3/c1-16(2)7-12-23(30)28-20-5-3-4-6-22(20)32-21-11-10-18(15-19(21)17-8-9-17)24(31)29-25-26-13-14-27-25/h3-6,10-11,15-17H,7-9,12-14H2,1-2H3,(H,28,30)(H2,26,27,29,31). The van der Waals surface area contributed by atoms with Crippen molar-refractivity contribution in [1.29, 1.82) is 0 Å². The molecular formula is C25H30N4O3. The largest absolute Gasteiger partial charge is 0.455 e. The van der Waals surface area contributed by atoms with E-state index in [-0.39, 0.29) is 11.8 Å². The molecule has 0 spiro atoms. The number of aliphatic imine (C=N–C) groups is 1. The van der Waals surface area contributed by atoms with Crippen LogP contribution in [0.15, 0.2) is 47.5 Å². The first-order chi connectivity index (χ1) is 15.5. The Hall–Kier alpha value is -3.35. The zero-order valence-corrected chi connectivity index (χ0v) is 18.6. The second kappa shape index (κ2) is 9.85. The summed E-state index contributed by atoms with van der Waals surface area (Å²) in [6.45, 7) is 5.61. The number of ether oxygens (including phenoxy) is 1. The SMILES string of the molecule is CC(C)CCC(=O)Nc1ccccc1Oc1ccc(C(=O)NC2=NCCN2)cc1C1CC1. The fraction of sp³-hybridized carbons (Fsp3) is 0.400. The zero-order valence-electron chi connectivity index (χ0n) is 18.6. The molecule has 0 saturated heterocycles. The Bertz CT molecular complexity index is 1030. The smallest absolute Gasteiger partial charge is 0.257 e. The van der Waals surface area contributed by atoms with Gasteiger partial charge in [-0.25, -0.2) is 0 Å². The Morgan fingerprint density at radius 2 is 1.94 bits per heavy atom. The topological polar surface area (TPSA) is 91.8 Å². The Kier molecular flexibility index (Phi) is 6.73. The molecule has 1 aliphatic carbocycles. The highest BCUT2D eigenvalue weighted by atomic mass is 16.5. The molecule has 0 aromatic heterocycles. The van der Waals surface area contributed by atoms with E-state index in [0.717, 1.165) is 31.4 Å². The number of para-hydroxylation sites is 2. The number of hydrogen-bond donors (Lipinski definition) is 3. The normalized spacial score (nSPS) is 15.2. The number of rotatable bonds is 8. The van der Waals surface area contributed by atoms with Gasteiger partial charge in [-0.15, -0.1) is 0 Å². The van der Waals surface area contributed by atoms with Crippen LogP contribution >= 0.6 is 0 Å². The molecular weight excluding hydrogens is 404 g/mol. The Morgan fingerprint density at radius 1 is 1.12 bits per heavy atom. The van der Waals surface area contributed by atoms with Gasteiger partial charge >= 0.3 is 0 Å². The van der Waals surface area contributed by atoms with Crippen LogP contribution in [0.4, 0.5) is 5.69 Å². The molecule has 1 aliphatic heterocycles. The lowest BCUT2D eigenvalue weighted by Gasteiger charge is -2.16. The van der Waals surface area contributed by atoms with Crippen LogP contribution in [-0.2, 0) is 4.79 Å². The van der Waals surface area contributed by atoms with Crippen molar-refractivity contribution in [3.8, 4) is 11.5 Å². The van der Waals surface area contributed by atoms with Gasteiger partial charge < -0.3 is 15.4 Å². The molecule has 7 heteroatoms. The fourth-order valence-corrected chi connectivity index (χ4v) is 3.57. The van der Waals surface area contributed by atoms with Gasteiger partial charge in [0.2, 0.25) is 5.91 Å². The highest BCUT2D eigenvalue weighted by Crippen LogP contribution is 2.46. The summed E-state index contributed by atoms with van der Waals surface area (Å²) in [6, 6.07) is 12.9. The number of anilines is 1. The van der Waals surface area contributed by atoms with Crippen molar-refractivity contribution in [2.75, 3.05) is 18.4 Å². The predicted octanol–water partition coefficient (Wildman–Crippen LogP) is 4.42. The molecule has 1 saturated carbocycles. The van der Waals surface area contributed by atoms with E-state index in [0.29, 0.717) is 53.5 Å². The summed E-state index contributed by atoms with van der Waals surface area (Å²) >= 11 is 0. The van der Waals surface area contributed by atoms with E-state index in [2.05, 4.69) is 34.8 Å². The Balaban J connectivity index is 1.50. The highest BCUT2D eigenvalue weighted by molar-refractivity contribution is 6.06. The van der Waals surface area contributed by atoms with Gasteiger partial charge in [-0.2, -0.15) is 0 Å².